The van der Waals surface area contributed by atoms with Crippen LogP contribution in [0.3, 0.4) is 0 Å². The summed E-state index contributed by atoms with van der Waals surface area (Å²) in [7, 11) is 0. The monoisotopic (exact) mass is 198 g/mol. The van der Waals surface area contributed by atoms with Crippen LogP contribution in [-0.2, 0) is 0 Å². The third kappa shape index (κ3) is 1.50. The Hall–Kier alpha value is -1.76. The highest BCUT2D eigenvalue weighted by atomic mass is 16.3. The summed E-state index contributed by atoms with van der Waals surface area (Å²) in [4.78, 5) is 0. The maximum atomic E-state index is 5.80. The van der Waals surface area contributed by atoms with Gasteiger partial charge in [0.2, 0.25) is 0 Å². The molecule has 15 heavy (non-hydrogen) atoms. The van der Waals surface area contributed by atoms with Crippen LogP contribution < -0.4 is 0 Å². The van der Waals surface area contributed by atoms with Gasteiger partial charge in [-0.1, -0.05) is 36.9 Å². The van der Waals surface area contributed by atoms with E-state index in [1.54, 1.807) is 0 Å². The van der Waals surface area contributed by atoms with E-state index in [0.717, 1.165) is 27.9 Å². The molecule has 0 fully saturated rings. The maximum absolute atomic E-state index is 5.80. The summed E-state index contributed by atoms with van der Waals surface area (Å²) in [6.45, 7) is 7.90. The van der Waals surface area contributed by atoms with Crippen LogP contribution >= 0.6 is 0 Å². The minimum Gasteiger partial charge on any atom is -0.456 e. The van der Waals surface area contributed by atoms with E-state index in [-0.39, 0.29) is 0 Å². The van der Waals surface area contributed by atoms with Crippen molar-refractivity contribution in [3.8, 4) is 0 Å². The highest BCUT2D eigenvalue weighted by Gasteiger charge is 2.11. The summed E-state index contributed by atoms with van der Waals surface area (Å²) < 4.78 is 5.80. The van der Waals surface area contributed by atoms with E-state index in [4.69, 9.17) is 4.42 Å². The first-order valence-corrected chi connectivity index (χ1v) is 5.05. The predicted octanol–water partition coefficient (Wildman–Crippen LogP) is 4.50. The molecular weight excluding hydrogens is 184 g/mol. The first-order valence-electron chi connectivity index (χ1n) is 5.05. The summed E-state index contributed by atoms with van der Waals surface area (Å²) in [5, 5.41) is 1.13. The molecule has 76 valence electrons. The lowest BCUT2D eigenvalue weighted by Crippen LogP contribution is -1.78. The Kier molecular flexibility index (Phi) is 2.46. The molecule has 0 aliphatic rings. The molecule has 0 radical (unpaired) electrons. The van der Waals surface area contributed by atoms with Gasteiger partial charge >= 0.3 is 0 Å². The smallest absolute Gasteiger partial charge is 0.137 e. The molecule has 0 aliphatic heterocycles. The summed E-state index contributed by atoms with van der Waals surface area (Å²) in [5.41, 5.74) is 3.14. The SMILES string of the molecule is C=Cc1c(/C(C)=C\C)oc2ccccc12. The van der Waals surface area contributed by atoms with E-state index in [2.05, 4.69) is 12.6 Å². The Bertz CT molecular complexity index is 529. The normalized spacial score (nSPS) is 12.0. The Morgan fingerprint density at radius 1 is 1.33 bits per heavy atom. The van der Waals surface area contributed by atoms with Gasteiger partial charge in [0.05, 0.1) is 0 Å². The van der Waals surface area contributed by atoms with Crippen molar-refractivity contribution in [1.82, 2.24) is 0 Å². The van der Waals surface area contributed by atoms with Crippen molar-refractivity contribution in [2.75, 3.05) is 0 Å². The van der Waals surface area contributed by atoms with Gasteiger partial charge in [0.1, 0.15) is 11.3 Å². The summed E-state index contributed by atoms with van der Waals surface area (Å²) in [6, 6.07) is 8.03. The first-order chi connectivity index (χ1) is 7.27. The number of benzene rings is 1. The molecule has 0 amide bonds. The highest BCUT2D eigenvalue weighted by molar-refractivity contribution is 5.92. The molecule has 0 spiro atoms. The number of hydrogen-bond donors (Lipinski definition) is 0. The van der Waals surface area contributed by atoms with Crippen molar-refractivity contribution >= 4 is 22.6 Å². The molecule has 1 aromatic carbocycles. The van der Waals surface area contributed by atoms with E-state index in [0.29, 0.717) is 0 Å². The Balaban J connectivity index is 2.80. The van der Waals surface area contributed by atoms with Crippen molar-refractivity contribution < 1.29 is 4.42 Å². The third-order valence-electron chi connectivity index (χ3n) is 2.63. The number of rotatable bonds is 2. The van der Waals surface area contributed by atoms with Crippen LogP contribution in [-0.4, -0.2) is 0 Å². The van der Waals surface area contributed by atoms with Crippen LogP contribution in [0.4, 0.5) is 0 Å². The molecule has 0 atom stereocenters. The van der Waals surface area contributed by atoms with Gasteiger partial charge in [-0.2, -0.15) is 0 Å². The average molecular weight is 198 g/mol. The standard InChI is InChI=1S/C14H14O/c1-4-10(3)14-11(5-2)12-8-6-7-9-13(12)15-14/h4-9H,2H2,1,3H3/b10-4-. The Morgan fingerprint density at radius 2 is 2.07 bits per heavy atom. The predicted molar refractivity (Wildman–Crippen MR) is 65.6 cm³/mol. The largest absolute Gasteiger partial charge is 0.456 e. The lowest BCUT2D eigenvalue weighted by atomic mass is 10.1. The fraction of sp³-hybridized carbons (Fsp3) is 0.143. The zero-order valence-electron chi connectivity index (χ0n) is 9.08. The highest BCUT2D eigenvalue weighted by Crippen LogP contribution is 2.31. The first kappa shape index (κ1) is 9.78. The van der Waals surface area contributed by atoms with Gasteiger partial charge in [0.25, 0.3) is 0 Å². The van der Waals surface area contributed by atoms with Gasteiger partial charge in [0, 0.05) is 10.9 Å². The summed E-state index contributed by atoms with van der Waals surface area (Å²) in [6.07, 6.45) is 3.90. The summed E-state index contributed by atoms with van der Waals surface area (Å²) in [5.74, 6) is 0.925. The van der Waals surface area contributed by atoms with Gasteiger partial charge in [0.15, 0.2) is 0 Å². The molecule has 1 heteroatoms. The van der Waals surface area contributed by atoms with Crippen LogP contribution in [0.5, 0.6) is 0 Å². The second kappa shape index (κ2) is 3.77. The lowest BCUT2D eigenvalue weighted by Gasteiger charge is -1.96. The molecule has 0 saturated heterocycles. The second-order valence-corrected chi connectivity index (χ2v) is 3.52. The van der Waals surface area contributed by atoms with Crippen LogP contribution in [0.25, 0.3) is 22.6 Å². The van der Waals surface area contributed by atoms with Crippen LogP contribution in [0, 0.1) is 0 Å². The second-order valence-electron chi connectivity index (χ2n) is 3.52. The molecule has 1 aromatic heterocycles. The third-order valence-corrected chi connectivity index (χ3v) is 2.63. The van der Waals surface area contributed by atoms with Crippen molar-refractivity contribution in [3.05, 3.63) is 48.2 Å². The van der Waals surface area contributed by atoms with Crippen molar-refractivity contribution in [2.24, 2.45) is 0 Å². The van der Waals surface area contributed by atoms with Crippen molar-refractivity contribution in [2.45, 2.75) is 13.8 Å². The van der Waals surface area contributed by atoms with Crippen molar-refractivity contribution in [3.63, 3.8) is 0 Å². The van der Waals surface area contributed by atoms with E-state index in [9.17, 15) is 0 Å². The molecule has 0 aliphatic carbocycles. The lowest BCUT2D eigenvalue weighted by molar-refractivity contribution is 0.598. The average Bonchev–Trinajstić information content (AvgIpc) is 2.66. The zero-order valence-corrected chi connectivity index (χ0v) is 9.08. The number of allylic oxidation sites excluding steroid dienone is 2. The fourth-order valence-electron chi connectivity index (χ4n) is 1.69. The van der Waals surface area contributed by atoms with Gasteiger partial charge in [-0.3, -0.25) is 0 Å². The van der Waals surface area contributed by atoms with Crippen LogP contribution in [0.15, 0.2) is 41.3 Å². The quantitative estimate of drug-likeness (QED) is 0.692. The molecule has 0 unspecified atom stereocenters. The maximum Gasteiger partial charge on any atom is 0.137 e. The molecule has 2 aromatic rings. The van der Waals surface area contributed by atoms with E-state index in [1.807, 2.05) is 44.2 Å². The Morgan fingerprint density at radius 3 is 2.73 bits per heavy atom. The molecule has 1 heterocycles. The number of fused-ring (bicyclic) bond motifs is 1. The van der Waals surface area contributed by atoms with Gasteiger partial charge in [-0.25, -0.2) is 0 Å². The minimum atomic E-state index is 0.920. The molecule has 1 nitrogen and oxygen atoms in total. The Labute approximate surface area is 89.7 Å². The molecule has 0 bridgehead atoms. The molecular formula is C14H14O. The number of hydrogen-bond acceptors (Lipinski definition) is 1. The number of furan rings is 1. The molecule has 0 N–H and O–H groups in total. The van der Waals surface area contributed by atoms with Gasteiger partial charge in [-0.05, 0) is 25.5 Å². The zero-order chi connectivity index (χ0) is 10.8. The van der Waals surface area contributed by atoms with Gasteiger partial charge in [-0.15, -0.1) is 0 Å². The van der Waals surface area contributed by atoms with Crippen LogP contribution in [0.2, 0.25) is 0 Å². The minimum absolute atomic E-state index is 0.920. The van der Waals surface area contributed by atoms with E-state index < -0.39 is 0 Å². The fourth-order valence-corrected chi connectivity index (χ4v) is 1.69. The van der Waals surface area contributed by atoms with Gasteiger partial charge < -0.3 is 4.42 Å². The molecule has 2 rings (SSSR count). The van der Waals surface area contributed by atoms with E-state index >= 15 is 0 Å². The van der Waals surface area contributed by atoms with Crippen LogP contribution in [0.1, 0.15) is 25.2 Å². The molecule has 0 saturated carbocycles. The van der Waals surface area contributed by atoms with E-state index in [1.165, 1.54) is 0 Å². The summed E-state index contributed by atoms with van der Waals surface area (Å²) >= 11 is 0. The topological polar surface area (TPSA) is 13.1 Å². The van der Waals surface area contributed by atoms with Crippen molar-refractivity contribution in [1.29, 1.82) is 0 Å². The number of para-hydroxylation sites is 1.